The minimum Gasteiger partial charge on any atom is 1.00 e. The number of terminal acetylenes is 4. The number of rotatable bonds is 13. The number of halogens is 3. The number of nitrogens with one attached hydrogen (secondary N) is 2. The van der Waals surface area contributed by atoms with E-state index < -0.39 is 32.9 Å². The van der Waals surface area contributed by atoms with Gasteiger partial charge in [0.15, 0.2) is 25.3 Å². The number of aliphatic carboxylic acids is 2. The number of pyridine rings is 3. The molecule has 2 amide bonds. The summed E-state index contributed by atoms with van der Waals surface area (Å²) in [6.07, 6.45) is 38.3. The van der Waals surface area contributed by atoms with Crippen molar-refractivity contribution in [1.82, 2.24) is 44.3 Å². The van der Waals surface area contributed by atoms with Crippen LogP contribution in [0.1, 0.15) is 49.0 Å². The van der Waals surface area contributed by atoms with Gasteiger partial charge < -0.3 is 26.6 Å². The summed E-state index contributed by atoms with van der Waals surface area (Å²) in [5.41, 5.74) is 9.02. The monoisotopic (exact) mass is 1340 g/mol. The molecule has 0 radical (unpaired) electrons. The summed E-state index contributed by atoms with van der Waals surface area (Å²) >= 11 is 20.5. The number of hydrogen-bond acceptors (Lipinski definition) is 19. The molecule has 3 atom stereocenters. The van der Waals surface area contributed by atoms with Gasteiger partial charge in [-0.1, -0.05) is 54.1 Å². The smallest absolute Gasteiger partial charge is 1.00 e. The number of nitrogens with zero attached hydrogens (tertiary/aromatic N) is 9. The van der Waals surface area contributed by atoms with Crippen LogP contribution in [0.3, 0.4) is 0 Å². The Morgan fingerprint density at radius 1 is 0.674 bits per heavy atom. The number of carboxylic acid groups (broad SMARTS) is 2. The van der Waals surface area contributed by atoms with Crippen LogP contribution in [-0.4, -0.2) is 129 Å². The molecule has 0 saturated carbocycles. The average molecular weight is 1340 g/mol. The van der Waals surface area contributed by atoms with Crippen molar-refractivity contribution in [2.45, 2.75) is 64.7 Å². The molecule has 462 valence electrons. The van der Waals surface area contributed by atoms with Crippen molar-refractivity contribution in [3.63, 3.8) is 0 Å². The second-order valence-electron chi connectivity index (χ2n) is 14.7. The molecule has 24 nitrogen and oxygen atoms in total. The van der Waals surface area contributed by atoms with Gasteiger partial charge in [-0.3, -0.25) is 34.1 Å². The van der Waals surface area contributed by atoms with E-state index in [0.29, 0.717) is 22.2 Å². The van der Waals surface area contributed by atoms with E-state index in [9.17, 15) is 22.8 Å². The van der Waals surface area contributed by atoms with Crippen LogP contribution in [0.2, 0.25) is 15.5 Å². The standard InChI is InChI=1S/C12H13ClN4O3S.C12H13ClN4OS.C8H7ClN4.C7H4.C6H2.C5H4.C4H8O2S.C2H4O2.CH4.BHO4.Na/c1-8(21(2,19)20)12(18)15-10-7-17(16-11(10)13)9-4-3-5-14-6-9;1-8(19-2)12(18)15-10-7-17(16-11(10)13)9-4-3-5-14-6-9;9-8-7(10)5-13(12-8)6-2-1-3-11-4-6;1-3-5-7-6-4-2;1-3-5-6-4-2;1-3-5-4-2;1-3(7-2)4(5)6;1-2(3)4;;2-1-4-5-3;/h3-8H,1-2H3,(H,15,18);3-8H,1-2H3,(H,15,18);1-5H,10H2;1H,2H3;1-2H;1H,2H3;3H,1-2H3,(H,5,6);1H3,(H,3,4);1H4;3H;/q;;;;;;;;;;+1/p-1. The number of aromatic nitrogens is 9. The maximum absolute atomic E-state index is 11.9. The number of carbonyl (C=O) groups excluding carboxylic acids is 2. The zero-order valence-electron chi connectivity index (χ0n) is 48.7. The van der Waals surface area contributed by atoms with Gasteiger partial charge >= 0.3 is 62.7 Å². The summed E-state index contributed by atoms with van der Waals surface area (Å²) in [6.45, 7) is 9.31. The topological polar surface area (TPSA) is 344 Å². The van der Waals surface area contributed by atoms with E-state index in [-0.39, 0.29) is 76.7 Å². The normalized spacial score (nSPS) is 9.45. The fourth-order valence-electron chi connectivity index (χ4n) is 4.27. The Morgan fingerprint density at radius 2 is 1.03 bits per heavy atom. The van der Waals surface area contributed by atoms with Crippen molar-refractivity contribution >= 4 is 116 Å². The number of nitrogens with two attached hydrogens (primary N) is 1. The van der Waals surface area contributed by atoms with Crippen LogP contribution in [0.25, 0.3) is 17.1 Å². The molecule has 0 aliphatic carbocycles. The third-order valence-corrected chi connectivity index (χ3v) is 12.7. The van der Waals surface area contributed by atoms with Gasteiger partial charge in [0.1, 0.15) is 5.25 Å². The average Bonchev–Trinajstić information content (AvgIpc) is 2.85. The second kappa shape index (κ2) is 54.7. The summed E-state index contributed by atoms with van der Waals surface area (Å²) in [5, 5.41) is 43.2. The molecule has 0 fully saturated rings. The first-order chi connectivity index (χ1) is 41.2. The maximum Gasteiger partial charge on any atom is 1.00 e. The summed E-state index contributed by atoms with van der Waals surface area (Å²) in [6, 6.07) is 10.8. The molecule has 32 heteroatoms. The van der Waals surface area contributed by atoms with E-state index >= 15 is 0 Å². The van der Waals surface area contributed by atoms with Crippen LogP contribution < -0.4 is 51.2 Å². The molecule has 0 spiro atoms. The molecule has 0 saturated heterocycles. The van der Waals surface area contributed by atoms with Crippen LogP contribution in [-0.2, 0) is 43.6 Å². The molecule has 6 N–H and O–H groups in total. The van der Waals surface area contributed by atoms with Crippen LogP contribution in [0.5, 0.6) is 0 Å². The van der Waals surface area contributed by atoms with Crippen molar-refractivity contribution in [2.75, 3.05) is 35.1 Å². The molecule has 6 aromatic rings. The molecular weight excluding hydrogens is 1280 g/mol. The Bertz CT molecular complexity index is 3620. The van der Waals surface area contributed by atoms with Crippen LogP contribution >= 0.6 is 58.3 Å². The summed E-state index contributed by atoms with van der Waals surface area (Å²) < 4.78 is 36.2. The minimum atomic E-state index is -3.47. The maximum atomic E-state index is 11.9. The molecule has 0 aromatic carbocycles. The molecule has 0 bridgehead atoms. The first-order valence-electron chi connectivity index (χ1n) is 23.3. The fourth-order valence-corrected chi connectivity index (χ4v) is 5.67. The van der Waals surface area contributed by atoms with Crippen molar-refractivity contribution < 1.29 is 87.2 Å². The van der Waals surface area contributed by atoms with Crippen molar-refractivity contribution in [1.29, 1.82) is 0 Å². The number of carboxylic acids is 2. The van der Waals surface area contributed by atoms with Gasteiger partial charge in [0.25, 0.3) is 5.97 Å². The second-order valence-corrected chi connectivity index (χ2v) is 20.5. The number of carbonyl (C=O) groups is 4. The molecule has 6 rings (SSSR count). The van der Waals surface area contributed by atoms with Gasteiger partial charge in [0.05, 0.1) is 81.8 Å². The Balaban J connectivity index is -0.000000317. The SMILES string of the molecule is C.C#CC#CC.C#CC#CC#C.C#CC#CC#CC.CC(=O)O.CC(C(=O)Nc1cn(-c2cccnc2)nc1Cl)S(C)(=O)=O.CSC(C)C(=O)Nc1cn(-c2cccnc2)nc1Cl.CSC(C)C(=O)O.Nc1cn(-c2cccnc2)nc1Cl.O=BOO[O-].[Na+]. The summed E-state index contributed by atoms with van der Waals surface area (Å²) in [4.78, 5) is 57.6. The van der Waals surface area contributed by atoms with E-state index in [2.05, 4.69) is 122 Å². The van der Waals surface area contributed by atoms with Crippen molar-refractivity contribution in [3.8, 4) is 114 Å². The van der Waals surface area contributed by atoms with Gasteiger partial charge in [-0.25, -0.2) is 22.5 Å². The Labute approximate surface area is 564 Å². The number of thioether (sulfide) groups is 2. The van der Waals surface area contributed by atoms with Crippen LogP contribution in [0.4, 0.5) is 17.1 Å². The van der Waals surface area contributed by atoms with E-state index in [0.717, 1.165) is 24.6 Å². The number of amides is 2. The molecule has 0 aliphatic heterocycles. The van der Waals surface area contributed by atoms with E-state index in [1.165, 1.54) is 41.3 Å². The van der Waals surface area contributed by atoms with Gasteiger partial charge in [-0.15, -0.1) is 25.7 Å². The largest absolute Gasteiger partial charge is 1.00 e. The van der Waals surface area contributed by atoms with E-state index in [1.54, 1.807) is 104 Å². The zero-order valence-corrected chi connectivity index (χ0v) is 55.4. The quantitative estimate of drug-likeness (QED) is 0.0476. The van der Waals surface area contributed by atoms with E-state index in [1.807, 2.05) is 31.4 Å². The number of sulfone groups is 1. The first kappa shape index (κ1) is 89.1. The van der Waals surface area contributed by atoms with Crippen LogP contribution in [0.15, 0.2) is 92.2 Å². The van der Waals surface area contributed by atoms with E-state index in [4.69, 9.17) is 91.2 Å². The predicted molar refractivity (Wildman–Crippen MR) is 345 cm³/mol. The molecule has 6 heterocycles. The van der Waals surface area contributed by atoms with Gasteiger partial charge in [0, 0.05) is 31.8 Å². The third kappa shape index (κ3) is 43.6. The number of anilines is 3. The number of nitrogen functional groups attached to an aromatic ring is 1. The van der Waals surface area contributed by atoms with Gasteiger partial charge in [-0.05, 0) is 143 Å². The Morgan fingerprint density at radius 3 is 1.28 bits per heavy atom. The molecular formula is C57H59BCl3N12NaO12S3. The summed E-state index contributed by atoms with van der Waals surface area (Å²) in [7, 11) is -3.58. The molecule has 0 aliphatic rings. The van der Waals surface area contributed by atoms with Crippen molar-refractivity contribution in [3.05, 3.63) is 108 Å². The molecule has 6 aromatic heterocycles. The predicted octanol–water partition coefficient (Wildman–Crippen LogP) is 3.68. The Kier molecular flexibility index (Phi) is 54.8. The first-order valence-corrected chi connectivity index (χ1v) is 29.0. The fraction of sp³-hybridized carbons (Fsp3) is 0.228. The third-order valence-electron chi connectivity index (χ3n) is 8.52. The molecule has 89 heavy (non-hydrogen) atoms. The van der Waals surface area contributed by atoms with Gasteiger partial charge in [-0.2, -0.15) is 38.8 Å². The van der Waals surface area contributed by atoms with Crippen LogP contribution in [0, 0.1) is 96.7 Å². The van der Waals surface area contributed by atoms with Crippen molar-refractivity contribution in [2.24, 2.45) is 0 Å². The summed E-state index contributed by atoms with van der Waals surface area (Å²) in [5.74, 6) is 25.4. The zero-order chi connectivity index (χ0) is 66.8. The molecule has 3 unspecified atom stereocenters. The van der Waals surface area contributed by atoms with Gasteiger partial charge in [0.2, 0.25) is 11.8 Å². The Hall–Kier alpha value is -8.66. The number of hydrogen-bond donors (Lipinski definition) is 5. The minimum absolute atomic E-state index is 0.